The minimum Gasteiger partial charge on any atom is -0.473 e. The van der Waals surface area contributed by atoms with Crippen LogP contribution in [-0.2, 0) is 19.1 Å². The first-order valence-corrected chi connectivity index (χ1v) is 11.4. The lowest BCUT2D eigenvalue weighted by Gasteiger charge is -2.24. The lowest BCUT2D eigenvalue weighted by atomic mass is 10.1. The highest BCUT2D eigenvalue weighted by Gasteiger charge is 2.37. The van der Waals surface area contributed by atoms with Crippen molar-refractivity contribution < 1.29 is 47.6 Å². The number of rotatable bonds is 2. The monoisotopic (exact) mass is 526 g/mol. The summed E-state index contributed by atoms with van der Waals surface area (Å²) < 4.78 is 36.9. The van der Waals surface area contributed by atoms with Crippen LogP contribution in [0.2, 0.25) is 0 Å². The Kier molecular flexibility index (Phi) is 13.0. The van der Waals surface area contributed by atoms with Crippen molar-refractivity contribution in [2.45, 2.75) is 65.1 Å². The zero-order chi connectivity index (χ0) is 28.4. The third kappa shape index (κ3) is 12.8. The maximum Gasteiger partial charge on any atom is 0.414 e. The van der Waals surface area contributed by atoms with Gasteiger partial charge < -0.3 is 41.0 Å². The normalized spacial score (nSPS) is 23.6. The number of likely N-dealkylation sites (tertiary alicyclic amines) is 2. The van der Waals surface area contributed by atoms with Gasteiger partial charge in [0.25, 0.3) is 0 Å². The molecule has 6 N–H and O–H groups in total. The third-order valence-electron chi connectivity index (χ3n) is 4.81. The van der Waals surface area contributed by atoms with Crippen molar-refractivity contribution in [3.63, 3.8) is 0 Å². The summed E-state index contributed by atoms with van der Waals surface area (Å²) >= 11 is 0. The van der Waals surface area contributed by atoms with Crippen LogP contribution in [0.15, 0.2) is 0 Å². The van der Waals surface area contributed by atoms with E-state index in [4.69, 9.17) is 40.7 Å². The van der Waals surface area contributed by atoms with E-state index < -0.39 is 47.7 Å². The minimum absolute atomic E-state index is 0.0940. The number of ether oxygens (including phenoxy) is 2. The van der Waals surface area contributed by atoms with Crippen LogP contribution in [0.5, 0.6) is 0 Å². The molecule has 0 aromatic carbocycles. The second kappa shape index (κ2) is 14.1. The van der Waals surface area contributed by atoms with Crippen molar-refractivity contribution in [3.8, 4) is 0 Å². The lowest BCUT2D eigenvalue weighted by molar-refractivity contribution is -0.159. The molecule has 2 saturated heterocycles. The number of carbonyl (C=O) groups is 4. The summed E-state index contributed by atoms with van der Waals surface area (Å²) in [5.41, 5.74) is 9.71. The molecule has 2 rings (SSSR count). The fourth-order valence-electron chi connectivity index (χ4n) is 3.06. The summed E-state index contributed by atoms with van der Waals surface area (Å²) in [4.78, 5) is 44.1. The van der Waals surface area contributed by atoms with Crippen molar-refractivity contribution in [1.82, 2.24) is 9.80 Å². The second-order valence-electron chi connectivity index (χ2n) is 10.4. The molecule has 2 fully saturated rings. The van der Waals surface area contributed by atoms with E-state index in [0.29, 0.717) is 13.1 Å². The first kappa shape index (κ1) is 33.3. The van der Waals surface area contributed by atoms with Gasteiger partial charge in [-0.25, -0.2) is 28.0 Å². The first-order chi connectivity index (χ1) is 16.3. The van der Waals surface area contributed by atoms with Gasteiger partial charge in [0.05, 0.1) is 13.1 Å². The molecule has 0 unspecified atom stereocenters. The van der Waals surface area contributed by atoms with Crippen molar-refractivity contribution >= 4 is 24.1 Å². The number of hydrogen-bond acceptors (Lipinski definition) is 8. The second-order valence-corrected chi connectivity index (χ2v) is 10.4. The number of amides is 2. The maximum absolute atomic E-state index is 13.3. The van der Waals surface area contributed by atoms with Gasteiger partial charge in [0, 0.05) is 24.9 Å². The molecule has 0 saturated carbocycles. The molecule has 210 valence electrons. The summed E-state index contributed by atoms with van der Waals surface area (Å²) in [5.74, 6) is -4.15. The van der Waals surface area contributed by atoms with Gasteiger partial charge in [0.15, 0.2) is 0 Å². The highest BCUT2D eigenvalue weighted by atomic mass is 19.1. The molecule has 14 heteroatoms. The van der Waals surface area contributed by atoms with Crippen LogP contribution in [0, 0.1) is 11.8 Å². The third-order valence-corrected chi connectivity index (χ3v) is 4.81. The number of carbonyl (C=O) groups excluding carboxylic acids is 2. The van der Waals surface area contributed by atoms with Gasteiger partial charge >= 0.3 is 24.1 Å². The van der Waals surface area contributed by atoms with Crippen LogP contribution in [0.1, 0.15) is 41.5 Å². The zero-order valence-electron chi connectivity index (χ0n) is 21.7. The van der Waals surface area contributed by atoms with Crippen molar-refractivity contribution in [3.05, 3.63) is 0 Å². The Morgan fingerprint density at radius 1 is 0.722 bits per heavy atom. The number of hydrogen-bond donors (Lipinski definition) is 4. The quantitative estimate of drug-likeness (QED) is 0.384. The average molecular weight is 527 g/mol. The van der Waals surface area contributed by atoms with E-state index in [1.54, 1.807) is 41.5 Å². The largest absolute Gasteiger partial charge is 0.473 e. The Morgan fingerprint density at radius 3 is 1.17 bits per heavy atom. The van der Waals surface area contributed by atoms with Crippen LogP contribution < -0.4 is 11.5 Å². The molecule has 2 aliphatic heterocycles. The SMILES string of the molecule is CC(C)(C)OC(=O)N1C[C@@H](CN)[C@H](F)C1.CC(C)(C)OC(=O)N1C[C@@H](CN)[C@H](F)C1.O=C(O)C(=O)O. The minimum atomic E-state index is -1.82. The molecule has 36 heavy (non-hydrogen) atoms. The van der Waals surface area contributed by atoms with Crippen LogP contribution in [0.4, 0.5) is 18.4 Å². The van der Waals surface area contributed by atoms with Crippen LogP contribution >= 0.6 is 0 Å². The topological polar surface area (TPSA) is 186 Å². The fraction of sp³-hybridized carbons (Fsp3) is 0.818. The molecule has 4 atom stereocenters. The Bertz CT molecular complexity index is 695. The van der Waals surface area contributed by atoms with Gasteiger partial charge in [-0.3, -0.25) is 0 Å². The number of carboxylic acid groups (broad SMARTS) is 2. The van der Waals surface area contributed by atoms with Crippen molar-refractivity contribution in [1.29, 1.82) is 0 Å². The van der Waals surface area contributed by atoms with E-state index in [-0.39, 0.29) is 38.0 Å². The van der Waals surface area contributed by atoms with Gasteiger partial charge in [0.2, 0.25) is 0 Å². The summed E-state index contributed by atoms with van der Waals surface area (Å²) in [6.45, 7) is 12.1. The molecule has 0 radical (unpaired) electrons. The molecule has 2 aliphatic rings. The Morgan fingerprint density at radius 2 is 1.00 bits per heavy atom. The lowest BCUT2D eigenvalue weighted by Crippen LogP contribution is -2.35. The van der Waals surface area contributed by atoms with E-state index in [0.717, 1.165) is 0 Å². The van der Waals surface area contributed by atoms with E-state index in [9.17, 15) is 18.4 Å². The van der Waals surface area contributed by atoms with Crippen LogP contribution in [-0.4, -0.2) is 107 Å². The van der Waals surface area contributed by atoms with Gasteiger partial charge in [-0.1, -0.05) is 0 Å². The van der Waals surface area contributed by atoms with Crippen LogP contribution in [0.3, 0.4) is 0 Å². The molecule has 0 aliphatic carbocycles. The number of nitrogens with zero attached hydrogens (tertiary/aromatic N) is 2. The molecule has 2 heterocycles. The summed E-state index contributed by atoms with van der Waals surface area (Å²) in [6, 6.07) is 0. The van der Waals surface area contributed by atoms with E-state index in [1.807, 2.05) is 0 Å². The molecule has 0 aromatic rings. The average Bonchev–Trinajstić information content (AvgIpc) is 3.28. The van der Waals surface area contributed by atoms with E-state index in [2.05, 4.69) is 0 Å². The smallest absolute Gasteiger partial charge is 0.414 e. The Balaban J connectivity index is 0.000000558. The van der Waals surface area contributed by atoms with Crippen molar-refractivity contribution in [2.75, 3.05) is 39.3 Å². The first-order valence-electron chi connectivity index (χ1n) is 11.4. The summed E-state index contributed by atoms with van der Waals surface area (Å²) in [5, 5.41) is 14.8. The highest BCUT2D eigenvalue weighted by molar-refractivity contribution is 6.27. The van der Waals surface area contributed by atoms with E-state index in [1.165, 1.54) is 9.80 Å². The molecule has 0 bridgehead atoms. The number of nitrogens with two attached hydrogens (primary N) is 2. The Hall–Kier alpha value is -2.74. The molecule has 12 nitrogen and oxygen atoms in total. The molecular formula is C22H40F2N4O8. The maximum atomic E-state index is 13.3. The van der Waals surface area contributed by atoms with Gasteiger partial charge in [0.1, 0.15) is 23.5 Å². The van der Waals surface area contributed by atoms with Gasteiger partial charge in [-0.15, -0.1) is 0 Å². The number of aliphatic carboxylic acids is 2. The van der Waals surface area contributed by atoms with Gasteiger partial charge in [-0.2, -0.15) is 0 Å². The number of halogens is 2. The fourth-order valence-corrected chi connectivity index (χ4v) is 3.06. The molecule has 2 amide bonds. The number of alkyl halides is 2. The van der Waals surface area contributed by atoms with Crippen LogP contribution in [0.25, 0.3) is 0 Å². The zero-order valence-corrected chi connectivity index (χ0v) is 21.7. The standard InChI is InChI=1S/2C10H19FN2O2.C2H2O4/c2*1-10(2,3)15-9(14)13-5-7(4-12)8(11)6-13;3-1(4)2(5)6/h2*7-8H,4-6,12H2,1-3H3;(H,3,4)(H,5,6)/t2*7-,8-;/m11./s1. The van der Waals surface area contributed by atoms with Crippen molar-refractivity contribution in [2.24, 2.45) is 23.3 Å². The molecular weight excluding hydrogens is 486 g/mol. The van der Waals surface area contributed by atoms with E-state index >= 15 is 0 Å². The molecule has 0 spiro atoms. The highest BCUT2D eigenvalue weighted by Crippen LogP contribution is 2.22. The predicted octanol–water partition coefficient (Wildman–Crippen LogP) is 1.46. The summed E-state index contributed by atoms with van der Waals surface area (Å²) in [7, 11) is 0. The Labute approximate surface area is 209 Å². The summed E-state index contributed by atoms with van der Waals surface area (Å²) in [6.07, 6.45) is -2.97. The predicted molar refractivity (Wildman–Crippen MR) is 126 cm³/mol. The number of carboxylic acids is 2. The molecule has 0 aromatic heterocycles. The van der Waals surface area contributed by atoms with Gasteiger partial charge in [-0.05, 0) is 54.6 Å².